The lowest BCUT2D eigenvalue weighted by Gasteiger charge is -2.55. The summed E-state index contributed by atoms with van der Waals surface area (Å²) in [4.78, 5) is 12.3. The van der Waals surface area contributed by atoms with Crippen LogP contribution in [0, 0.1) is 23.7 Å². The van der Waals surface area contributed by atoms with E-state index in [1.807, 2.05) is 27.7 Å². The Morgan fingerprint density at radius 2 is 1.50 bits per heavy atom. The zero-order valence-corrected chi connectivity index (χ0v) is 13.4. The van der Waals surface area contributed by atoms with Crippen molar-refractivity contribution in [3.05, 3.63) is 0 Å². The molecule has 1 unspecified atom stereocenters. The first-order chi connectivity index (χ1) is 9.32. The first kappa shape index (κ1) is 14.4. The van der Waals surface area contributed by atoms with Crippen molar-refractivity contribution in [1.82, 2.24) is 10.6 Å². The van der Waals surface area contributed by atoms with E-state index in [-0.39, 0.29) is 17.5 Å². The molecule has 3 heteroatoms. The molecule has 2 N–H and O–H groups in total. The van der Waals surface area contributed by atoms with E-state index in [1.165, 1.54) is 32.1 Å². The van der Waals surface area contributed by atoms with Gasteiger partial charge >= 0.3 is 0 Å². The van der Waals surface area contributed by atoms with Gasteiger partial charge in [0.2, 0.25) is 5.91 Å². The van der Waals surface area contributed by atoms with Crippen molar-refractivity contribution in [3.8, 4) is 0 Å². The third-order valence-electron chi connectivity index (χ3n) is 5.56. The predicted octanol–water partition coefficient (Wildman–Crippen LogP) is 2.70. The Morgan fingerprint density at radius 3 is 1.95 bits per heavy atom. The van der Waals surface area contributed by atoms with Crippen LogP contribution in [-0.4, -0.2) is 23.5 Å². The Bertz CT molecular complexity index is 357. The smallest absolute Gasteiger partial charge is 0.237 e. The van der Waals surface area contributed by atoms with Crippen LogP contribution in [0.15, 0.2) is 0 Å². The Hall–Kier alpha value is -0.570. The molecule has 4 aliphatic carbocycles. The van der Waals surface area contributed by atoms with E-state index in [1.54, 1.807) is 0 Å². The van der Waals surface area contributed by atoms with Gasteiger partial charge in [-0.15, -0.1) is 0 Å². The van der Waals surface area contributed by atoms with E-state index in [2.05, 4.69) is 10.6 Å². The molecule has 4 fully saturated rings. The SMILES string of the molecule is CC(NC1C2CC3CC(C2)CC1C3)C(=O)NC(C)(C)C. The quantitative estimate of drug-likeness (QED) is 0.833. The second-order valence-electron chi connectivity index (χ2n) is 8.58. The summed E-state index contributed by atoms with van der Waals surface area (Å²) in [5, 5.41) is 6.76. The van der Waals surface area contributed by atoms with E-state index in [0.717, 1.165) is 23.7 Å². The number of nitrogens with one attached hydrogen (secondary N) is 2. The fourth-order valence-electron chi connectivity index (χ4n) is 5.04. The summed E-state index contributed by atoms with van der Waals surface area (Å²) in [6.45, 7) is 8.15. The van der Waals surface area contributed by atoms with Crippen molar-refractivity contribution in [1.29, 1.82) is 0 Å². The van der Waals surface area contributed by atoms with Crippen LogP contribution in [-0.2, 0) is 4.79 Å². The molecule has 4 bridgehead atoms. The lowest BCUT2D eigenvalue weighted by Crippen LogP contribution is -2.59. The van der Waals surface area contributed by atoms with Crippen molar-refractivity contribution in [2.75, 3.05) is 0 Å². The molecule has 0 saturated heterocycles. The Morgan fingerprint density at radius 1 is 1.00 bits per heavy atom. The van der Waals surface area contributed by atoms with Crippen LogP contribution in [0.4, 0.5) is 0 Å². The van der Waals surface area contributed by atoms with Gasteiger partial charge in [0, 0.05) is 11.6 Å². The molecular formula is C17H30N2O. The minimum atomic E-state index is -0.142. The maximum Gasteiger partial charge on any atom is 0.237 e. The van der Waals surface area contributed by atoms with Gasteiger partial charge < -0.3 is 10.6 Å². The predicted molar refractivity (Wildman–Crippen MR) is 81.3 cm³/mol. The topological polar surface area (TPSA) is 41.1 Å². The van der Waals surface area contributed by atoms with Crippen LogP contribution in [0.1, 0.15) is 59.8 Å². The molecule has 0 spiro atoms. The molecule has 4 rings (SSSR count). The van der Waals surface area contributed by atoms with Crippen molar-refractivity contribution >= 4 is 5.91 Å². The summed E-state index contributed by atoms with van der Waals surface area (Å²) in [6, 6.07) is 0.514. The summed E-state index contributed by atoms with van der Waals surface area (Å²) >= 11 is 0. The van der Waals surface area contributed by atoms with Gasteiger partial charge in [0.05, 0.1) is 6.04 Å². The highest BCUT2D eigenvalue weighted by Gasteiger charge is 2.48. The van der Waals surface area contributed by atoms with Gasteiger partial charge in [0.1, 0.15) is 0 Å². The third-order valence-corrected chi connectivity index (χ3v) is 5.56. The van der Waals surface area contributed by atoms with Gasteiger partial charge in [-0.25, -0.2) is 0 Å². The molecule has 0 aliphatic heterocycles. The van der Waals surface area contributed by atoms with Crippen LogP contribution in [0.25, 0.3) is 0 Å². The van der Waals surface area contributed by atoms with Crippen molar-refractivity contribution < 1.29 is 4.79 Å². The second kappa shape index (κ2) is 5.01. The van der Waals surface area contributed by atoms with Crippen LogP contribution < -0.4 is 10.6 Å². The van der Waals surface area contributed by atoms with E-state index >= 15 is 0 Å². The molecule has 0 aromatic rings. The van der Waals surface area contributed by atoms with Crippen molar-refractivity contribution in [2.45, 2.75) is 77.4 Å². The minimum absolute atomic E-state index is 0.0725. The molecule has 4 aliphatic rings. The zero-order valence-electron chi connectivity index (χ0n) is 13.4. The number of carbonyl (C=O) groups excluding carboxylic acids is 1. The summed E-state index contributed by atoms with van der Waals surface area (Å²) in [7, 11) is 0. The molecule has 1 amide bonds. The monoisotopic (exact) mass is 278 g/mol. The van der Waals surface area contributed by atoms with Gasteiger partial charge in [-0.05, 0) is 83.5 Å². The number of carbonyl (C=O) groups is 1. The lowest BCUT2D eigenvalue weighted by molar-refractivity contribution is -0.125. The summed E-state index contributed by atoms with van der Waals surface area (Å²) in [5.41, 5.74) is -0.142. The average molecular weight is 278 g/mol. The second-order valence-corrected chi connectivity index (χ2v) is 8.58. The maximum absolute atomic E-state index is 12.3. The highest BCUT2D eigenvalue weighted by molar-refractivity contribution is 5.81. The Kier molecular flexibility index (Phi) is 3.60. The van der Waals surface area contributed by atoms with Crippen molar-refractivity contribution in [3.63, 3.8) is 0 Å². The van der Waals surface area contributed by atoms with Crippen LogP contribution in [0.5, 0.6) is 0 Å². The van der Waals surface area contributed by atoms with E-state index in [4.69, 9.17) is 0 Å². The van der Waals surface area contributed by atoms with Crippen molar-refractivity contribution in [2.24, 2.45) is 23.7 Å². The van der Waals surface area contributed by atoms with Gasteiger partial charge in [0.15, 0.2) is 0 Å². The van der Waals surface area contributed by atoms with Gasteiger partial charge in [0.25, 0.3) is 0 Å². The van der Waals surface area contributed by atoms with E-state index in [0.29, 0.717) is 6.04 Å². The fourth-order valence-corrected chi connectivity index (χ4v) is 5.04. The summed E-state index contributed by atoms with van der Waals surface area (Å²) in [5.74, 6) is 3.79. The molecule has 0 aromatic heterocycles. The fraction of sp³-hybridized carbons (Fsp3) is 0.941. The molecule has 20 heavy (non-hydrogen) atoms. The number of rotatable bonds is 3. The highest BCUT2D eigenvalue weighted by Crippen LogP contribution is 2.53. The first-order valence-corrected chi connectivity index (χ1v) is 8.40. The lowest BCUT2D eigenvalue weighted by atomic mass is 9.54. The van der Waals surface area contributed by atoms with Gasteiger partial charge in [-0.2, -0.15) is 0 Å². The maximum atomic E-state index is 12.3. The molecule has 0 radical (unpaired) electrons. The highest BCUT2D eigenvalue weighted by atomic mass is 16.2. The average Bonchev–Trinajstić information content (AvgIpc) is 2.30. The number of hydrogen-bond acceptors (Lipinski definition) is 2. The molecule has 4 saturated carbocycles. The van der Waals surface area contributed by atoms with Crippen LogP contribution >= 0.6 is 0 Å². The molecule has 1 atom stereocenters. The summed E-state index contributed by atoms with van der Waals surface area (Å²) < 4.78 is 0. The largest absolute Gasteiger partial charge is 0.350 e. The summed E-state index contributed by atoms with van der Waals surface area (Å²) in [6.07, 6.45) is 7.09. The third kappa shape index (κ3) is 2.88. The molecule has 114 valence electrons. The molecule has 3 nitrogen and oxygen atoms in total. The van der Waals surface area contributed by atoms with Gasteiger partial charge in [-0.3, -0.25) is 4.79 Å². The normalized spacial score (nSPS) is 40.7. The molecule has 0 aromatic carbocycles. The minimum Gasteiger partial charge on any atom is -0.350 e. The van der Waals surface area contributed by atoms with E-state index < -0.39 is 0 Å². The Labute approximate surface area is 123 Å². The Balaban J connectivity index is 1.59. The molecule has 0 heterocycles. The molecular weight excluding hydrogens is 248 g/mol. The zero-order chi connectivity index (χ0) is 14.5. The van der Waals surface area contributed by atoms with E-state index in [9.17, 15) is 4.79 Å². The van der Waals surface area contributed by atoms with Crippen LogP contribution in [0.3, 0.4) is 0 Å². The standard InChI is InChI=1S/C17H30N2O/c1-10(16(20)19-17(2,3)4)18-15-13-6-11-5-12(8-13)9-14(15)7-11/h10-15,18H,5-9H2,1-4H3,(H,19,20). The van der Waals surface area contributed by atoms with Gasteiger partial charge in [-0.1, -0.05) is 0 Å². The first-order valence-electron chi connectivity index (χ1n) is 8.40. The number of hydrogen-bond donors (Lipinski definition) is 2. The van der Waals surface area contributed by atoms with Crippen LogP contribution in [0.2, 0.25) is 0 Å². The number of amides is 1.